The number of benzene rings is 2. The summed E-state index contributed by atoms with van der Waals surface area (Å²) >= 11 is 0. The minimum Gasteiger partial charge on any atom is -0.295 e. The first kappa shape index (κ1) is 23.5. The fraction of sp³-hybridized carbons (Fsp3) is 0.250. The first-order valence-electron chi connectivity index (χ1n) is 9.77. The molecule has 3 rings (SSSR count). The molecule has 0 N–H and O–H groups in total. The van der Waals surface area contributed by atoms with E-state index < -0.39 is 29.3 Å². The summed E-state index contributed by atoms with van der Waals surface area (Å²) in [5.41, 5.74) is -1.30. The van der Waals surface area contributed by atoms with E-state index in [0.717, 1.165) is 11.6 Å². The van der Waals surface area contributed by atoms with Crippen LogP contribution in [-0.4, -0.2) is 11.6 Å². The number of carbonyl (C=O) groups is 2. The van der Waals surface area contributed by atoms with Crippen LogP contribution in [0.4, 0.5) is 26.3 Å². The van der Waals surface area contributed by atoms with E-state index in [4.69, 9.17) is 0 Å². The van der Waals surface area contributed by atoms with Gasteiger partial charge in [0.1, 0.15) is 0 Å². The van der Waals surface area contributed by atoms with Crippen molar-refractivity contribution in [3.63, 3.8) is 0 Å². The second kappa shape index (κ2) is 8.76. The molecular weight excluding hydrogens is 434 g/mol. The van der Waals surface area contributed by atoms with Crippen molar-refractivity contribution >= 4 is 23.7 Å². The molecular formula is C24H18F6O2. The summed E-state index contributed by atoms with van der Waals surface area (Å²) < 4.78 is 78.5. The number of halogens is 6. The number of carbonyl (C=O) groups excluding carboxylic acids is 2. The first-order chi connectivity index (χ1) is 14.9. The average Bonchev–Trinajstić information content (AvgIpc) is 2.72. The van der Waals surface area contributed by atoms with Gasteiger partial charge in [-0.3, -0.25) is 9.59 Å². The summed E-state index contributed by atoms with van der Waals surface area (Å²) in [5.74, 6) is -0.499. The second-order valence-corrected chi connectivity index (χ2v) is 7.41. The number of allylic oxidation sites excluding steroid dienone is 2. The number of alkyl halides is 6. The van der Waals surface area contributed by atoms with Crippen molar-refractivity contribution in [3.8, 4) is 0 Å². The van der Waals surface area contributed by atoms with Gasteiger partial charge in [-0.15, -0.1) is 0 Å². The molecule has 0 atom stereocenters. The molecule has 0 aromatic heterocycles. The highest BCUT2D eigenvalue weighted by atomic mass is 19.4. The molecule has 0 spiro atoms. The molecule has 0 radical (unpaired) electrons. The fourth-order valence-corrected chi connectivity index (χ4v) is 3.41. The summed E-state index contributed by atoms with van der Waals surface area (Å²) in [7, 11) is 0. The van der Waals surface area contributed by atoms with E-state index in [2.05, 4.69) is 0 Å². The van der Waals surface area contributed by atoms with Gasteiger partial charge >= 0.3 is 12.4 Å². The molecule has 0 aliphatic heterocycles. The van der Waals surface area contributed by atoms with Gasteiger partial charge in [0, 0.05) is 17.6 Å². The van der Waals surface area contributed by atoms with Crippen molar-refractivity contribution < 1.29 is 35.9 Å². The topological polar surface area (TPSA) is 34.1 Å². The quantitative estimate of drug-likeness (QED) is 0.372. The van der Waals surface area contributed by atoms with E-state index in [9.17, 15) is 35.9 Å². The minimum absolute atomic E-state index is 0.0525. The highest BCUT2D eigenvalue weighted by molar-refractivity contribution is 6.13. The molecule has 2 nitrogen and oxygen atoms in total. The molecule has 1 aliphatic carbocycles. The van der Waals surface area contributed by atoms with E-state index in [1.54, 1.807) is 31.2 Å². The number of hydrogen-bond acceptors (Lipinski definition) is 2. The summed E-state index contributed by atoms with van der Waals surface area (Å²) in [5, 5.41) is 0. The van der Waals surface area contributed by atoms with Crippen LogP contribution >= 0.6 is 0 Å². The van der Waals surface area contributed by atoms with Crippen molar-refractivity contribution in [2.75, 3.05) is 0 Å². The number of Topliss-reactive ketones (excluding diaryl/α,β-unsaturated/α-hetero) is 1. The molecule has 8 heteroatoms. The lowest BCUT2D eigenvalue weighted by atomic mass is 9.85. The first-order valence-corrected chi connectivity index (χ1v) is 9.77. The molecule has 2 aromatic carbocycles. The number of rotatable bonds is 4. The molecule has 0 bridgehead atoms. The molecule has 1 aliphatic rings. The van der Waals surface area contributed by atoms with Crippen molar-refractivity contribution in [3.05, 3.63) is 81.4 Å². The van der Waals surface area contributed by atoms with Gasteiger partial charge < -0.3 is 0 Å². The summed E-state index contributed by atoms with van der Waals surface area (Å²) in [4.78, 5) is 24.2. The Hall–Kier alpha value is -3.16. The summed E-state index contributed by atoms with van der Waals surface area (Å²) in [6, 6.07) is 6.18. The Bertz CT molecular complexity index is 1090. The molecule has 0 fully saturated rings. The van der Waals surface area contributed by atoms with Crippen LogP contribution in [0.5, 0.6) is 0 Å². The van der Waals surface area contributed by atoms with Crippen LogP contribution in [0.1, 0.15) is 57.9 Å². The zero-order chi connectivity index (χ0) is 23.7. The van der Waals surface area contributed by atoms with Gasteiger partial charge in [-0.1, -0.05) is 31.2 Å². The standard InChI is InChI=1S/C24H18F6O2/c1-2-20(31)7-3-14-4-8-21-16(9-14)5-6-17(22(21)32)10-15-11-18(23(25,26)27)13-19(12-15)24(28,29)30/h3-4,7-13H,2,5-6H2,1H3/b7-3+,17-10+. The van der Waals surface area contributed by atoms with Crippen LogP contribution in [0, 0.1) is 0 Å². The van der Waals surface area contributed by atoms with Crippen molar-refractivity contribution in [2.45, 2.75) is 38.5 Å². The van der Waals surface area contributed by atoms with E-state index >= 15 is 0 Å². The Morgan fingerprint density at radius 2 is 1.53 bits per heavy atom. The van der Waals surface area contributed by atoms with Crippen LogP contribution in [0.15, 0.2) is 48.0 Å². The van der Waals surface area contributed by atoms with Gasteiger partial charge in [0.15, 0.2) is 11.6 Å². The maximum absolute atomic E-state index is 13.1. The van der Waals surface area contributed by atoms with Crippen LogP contribution in [0.3, 0.4) is 0 Å². The summed E-state index contributed by atoms with van der Waals surface area (Å²) in [6.45, 7) is 1.73. The lowest BCUT2D eigenvalue weighted by Gasteiger charge is -2.19. The van der Waals surface area contributed by atoms with Crippen LogP contribution < -0.4 is 0 Å². The number of ketones is 2. The highest BCUT2D eigenvalue weighted by Gasteiger charge is 2.37. The van der Waals surface area contributed by atoms with Crippen molar-refractivity contribution in [1.29, 1.82) is 0 Å². The maximum Gasteiger partial charge on any atom is 0.416 e. The normalized spacial score (nSPS) is 16.0. The van der Waals surface area contributed by atoms with Crippen molar-refractivity contribution in [2.24, 2.45) is 0 Å². The number of fused-ring (bicyclic) bond motifs is 1. The number of hydrogen-bond donors (Lipinski definition) is 0. The third-order valence-corrected chi connectivity index (χ3v) is 5.09. The maximum atomic E-state index is 13.1. The molecule has 0 heterocycles. The van der Waals surface area contributed by atoms with E-state index in [1.807, 2.05) is 0 Å². The lowest BCUT2D eigenvalue weighted by Crippen LogP contribution is -2.15. The third kappa shape index (κ3) is 5.36. The Morgan fingerprint density at radius 1 is 0.906 bits per heavy atom. The van der Waals surface area contributed by atoms with Gasteiger partial charge in [0.2, 0.25) is 0 Å². The van der Waals surface area contributed by atoms with Crippen LogP contribution in [0.2, 0.25) is 0 Å². The largest absolute Gasteiger partial charge is 0.416 e. The second-order valence-electron chi connectivity index (χ2n) is 7.41. The minimum atomic E-state index is -4.96. The molecule has 0 saturated heterocycles. The van der Waals surface area contributed by atoms with Gasteiger partial charge in [0.05, 0.1) is 11.1 Å². The predicted octanol–water partition coefficient (Wildman–Crippen LogP) is 6.93. The van der Waals surface area contributed by atoms with Gasteiger partial charge in [-0.25, -0.2) is 0 Å². The van der Waals surface area contributed by atoms with E-state index in [-0.39, 0.29) is 29.4 Å². The molecule has 32 heavy (non-hydrogen) atoms. The Balaban J connectivity index is 1.96. The predicted molar refractivity (Wildman–Crippen MR) is 108 cm³/mol. The Morgan fingerprint density at radius 3 is 2.09 bits per heavy atom. The molecule has 168 valence electrons. The zero-order valence-electron chi connectivity index (χ0n) is 16.9. The molecule has 0 saturated carbocycles. The SMILES string of the molecule is CCC(=O)/C=C/c1ccc2c(c1)CC/C(=C\c1cc(C(F)(F)F)cc(C(F)(F)F)c1)C2=O. The Kier molecular flexibility index (Phi) is 6.44. The van der Waals surface area contributed by atoms with Gasteiger partial charge in [-0.2, -0.15) is 26.3 Å². The summed E-state index contributed by atoms with van der Waals surface area (Å²) in [6.07, 6.45) is -4.84. The van der Waals surface area contributed by atoms with Gasteiger partial charge in [0.25, 0.3) is 0 Å². The monoisotopic (exact) mass is 452 g/mol. The fourth-order valence-electron chi connectivity index (χ4n) is 3.41. The smallest absolute Gasteiger partial charge is 0.295 e. The average molecular weight is 452 g/mol. The zero-order valence-corrected chi connectivity index (χ0v) is 16.9. The third-order valence-electron chi connectivity index (χ3n) is 5.09. The van der Waals surface area contributed by atoms with E-state index in [1.165, 1.54) is 6.08 Å². The van der Waals surface area contributed by atoms with Crippen LogP contribution in [-0.2, 0) is 23.6 Å². The molecule has 0 unspecified atom stereocenters. The highest BCUT2D eigenvalue weighted by Crippen LogP contribution is 2.37. The number of aryl methyl sites for hydroxylation is 1. The van der Waals surface area contributed by atoms with Gasteiger partial charge in [-0.05, 0) is 59.9 Å². The lowest BCUT2D eigenvalue weighted by molar-refractivity contribution is -0.143. The van der Waals surface area contributed by atoms with Crippen LogP contribution in [0.25, 0.3) is 12.2 Å². The van der Waals surface area contributed by atoms with E-state index in [0.29, 0.717) is 36.1 Å². The Labute approximate surface area is 180 Å². The molecule has 2 aromatic rings. The van der Waals surface area contributed by atoms with Crippen molar-refractivity contribution in [1.82, 2.24) is 0 Å². The molecule has 0 amide bonds.